The Morgan fingerprint density at radius 1 is 1.30 bits per heavy atom. The van der Waals surface area contributed by atoms with Gasteiger partial charge in [-0.2, -0.15) is 5.10 Å². The van der Waals surface area contributed by atoms with E-state index >= 15 is 0 Å². The molecule has 4 rings (SSSR count). The standard InChI is InChI=1S/C21H24N2O3S/c1-21(2,3)14-5-6-15-16(11-27-19(15)9-14)20(24)23-22-10-13-4-7-17-18(8-13)26-12-25-17/h4,7-8,10-11,14H,5-6,9,12H2,1-3H3,(H,23,24). The summed E-state index contributed by atoms with van der Waals surface area (Å²) < 4.78 is 10.6. The molecule has 5 nitrogen and oxygen atoms in total. The molecule has 0 bridgehead atoms. The largest absolute Gasteiger partial charge is 0.454 e. The van der Waals surface area contributed by atoms with E-state index in [2.05, 4.69) is 31.3 Å². The second-order valence-electron chi connectivity index (χ2n) is 8.17. The highest BCUT2D eigenvalue weighted by molar-refractivity contribution is 7.10. The van der Waals surface area contributed by atoms with E-state index in [1.807, 2.05) is 23.6 Å². The number of benzene rings is 1. The van der Waals surface area contributed by atoms with Crippen LogP contribution in [0.1, 0.15) is 53.6 Å². The van der Waals surface area contributed by atoms with Crippen molar-refractivity contribution in [1.29, 1.82) is 0 Å². The lowest BCUT2D eigenvalue weighted by Crippen LogP contribution is -2.27. The molecule has 0 radical (unpaired) electrons. The summed E-state index contributed by atoms with van der Waals surface area (Å²) >= 11 is 1.70. The number of fused-ring (bicyclic) bond motifs is 2. The molecule has 27 heavy (non-hydrogen) atoms. The molecule has 1 unspecified atom stereocenters. The Labute approximate surface area is 163 Å². The average molecular weight is 385 g/mol. The number of ether oxygens (including phenoxy) is 2. The van der Waals surface area contributed by atoms with Crippen LogP contribution in [0.5, 0.6) is 11.5 Å². The molecule has 1 aromatic carbocycles. The van der Waals surface area contributed by atoms with Crippen molar-refractivity contribution in [3.8, 4) is 11.5 Å². The van der Waals surface area contributed by atoms with E-state index < -0.39 is 0 Å². The lowest BCUT2D eigenvalue weighted by atomic mass is 9.72. The third-order valence-corrected chi connectivity index (χ3v) is 6.45. The highest BCUT2D eigenvalue weighted by Gasteiger charge is 2.31. The third kappa shape index (κ3) is 3.72. The number of carbonyl (C=O) groups is 1. The number of nitrogens with one attached hydrogen (secondary N) is 1. The van der Waals surface area contributed by atoms with Gasteiger partial charge in [0.15, 0.2) is 11.5 Å². The van der Waals surface area contributed by atoms with Gasteiger partial charge in [0.05, 0.1) is 11.8 Å². The van der Waals surface area contributed by atoms with Crippen molar-refractivity contribution in [2.75, 3.05) is 6.79 Å². The summed E-state index contributed by atoms with van der Waals surface area (Å²) in [5.41, 5.74) is 5.78. The molecule has 2 aliphatic rings. The van der Waals surface area contributed by atoms with Gasteiger partial charge in [-0.15, -0.1) is 11.3 Å². The number of carbonyl (C=O) groups excluding carboxylic acids is 1. The molecule has 1 amide bonds. The molecule has 0 spiro atoms. The third-order valence-electron chi connectivity index (χ3n) is 5.40. The van der Waals surface area contributed by atoms with E-state index in [0.717, 1.165) is 36.1 Å². The molecule has 0 saturated heterocycles. The van der Waals surface area contributed by atoms with Crippen LogP contribution in [0, 0.1) is 11.3 Å². The summed E-state index contributed by atoms with van der Waals surface area (Å²) in [7, 11) is 0. The maximum atomic E-state index is 12.6. The molecular formula is C21H24N2O3S. The summed E-state index contributed by atoms with van der Waals surface area (Å²) in [5.74, 6) is 1.96. The number of thiophene rings is 1. The van der Waals surface area contributed by atoms with Gasteiger partial charge in [-0.25, -0.2) is 5.43 Å². The van der Waals surface area contributed by atoms with Gasteiger partial charge < -0.3 is 9.47 Å². The van der Waals surface area contributed by atoms with E-state index in [0.29, 0.717) is 17.1 Å². The molecule has 6 heteroatoms. The molecule has 1 aliphatic carbocycles. The van der Waals surface area contributed by atoms with Crippen LogP contribution in [-0.4, -0.2) is 18.9 Å². The van der Waals surface area contributed by atoms with Gasteiger partial charge in [-0.3, -0.25) is 4.79 Å². The van der Waals surface area contributed by atoms with Crippen molar-refractivity contribution >= 4 is 23.5 Å². The van der Waals surface area contributed by atoms with Crippen molar-refractivity contribution in [3.63, 3.8) is 0 Å². The number of nitrogens with zero attached hydrogens (tertiary/aromatic N) is 1. The zero-order chi connectivity index (χ0) is 19.0. The van der Waals surface area contributed by atoms with Gasteiger partial charge in [0, 0.05) is 10.3 Å². The van der Waals surface area contributed by atoms with Crippen LogP contribution < -0.4 is 14.9 Å². The quantitative estimate of drug-likeness (QED) is 0.631. The van der Waals surface area contributed by atoms with E-state index in [1.54, 1.807) is 17.6 Å². The van der Waals surface area contributed by atoms with Crippen LogP contribution in [-0.2, 0) is 12.8 Å². The van der Waals surface area contributed by atoms with E-state index in [1.165, 1.54) is 10.4 Å². The minimum atomic E-state index is -0.140. The van der Waals surface area contributed by atoms with E-state index in [4.69, 9.17) is 9.47 Å². The molecule has 0 saturated carbocycles. The maximum Gasteiger partial charge on any atom is 0.272 e. The predicted octanol–water partition coefficient (Wildman–Crippen LogP) is 4.39. The van der Waals surface area contributed by atoms with Crippen molar-refractivity contribution in [3.05, 3.63) is 45.1 Å². The average Bonchev–Trinajstić information content (AvgIpc) is 3.26. The number of hydrogen-bond donors (Lipinski definition) is 1. The summed E-state index contributed by atoms with van der Waals surface area (Å²) in [4.78, 5) is 13.9. The second kappa shape index (κ2) is 7.00. The van der Waals surface area contributed by atoms with Crippen LogP contribution in [0.3, 0.4) is 0 Å². The highest BCUT2D eigenvalue weighted by atomic mass is 32.1. The van der Waals surface area contributed by atoms with Crippen LogP contribution in [0.2, 0.25) is 0 Å². The lowest BCUT2D eigenvalue weighted by molar-refractivity contribution is 0.0954. The molecular weight excluding hydrogens is 360 g/mol. The Kier molecular flexibility index (Phi) is 4.68. The highest BCUT2D eigenvalue weighted by Crippen LogP contribution is 2.40. The fourth-order valence-corrected chi connectivity index (χ4v) is 4.82. The summed E-state index contributed by atoms with van der Waals surface area (Å²) in [6.07, 6.45) is 4.79. The summed E-state index contributed by atoms with van der Waals surface area (Å²) in [6.45, 7) is 7.14. The molecule has 1 aliphatic heterocycles. The fraction of sp³-hybridized carbons (Fsp3) is 0.429. The first-order valence-corrected chi connectivity index (χ1v) is 10.1. The smallest absolute Gasteiger partial charge is 0.272 e. The molecule has 2 heterocycles. The topological polar surface area (TPSA) is 59.9 Å². The van der Waals surface area contributed by atoms with Crippen molar-refractivity contribution in [1.82, 2.24) is 5.43 Å². The molecule has 0 fully saturated rings. The lowest BCUT2D eigenvalue weighted by Gasteiger charge is -2.33. The number of amides is 1. The van der Waals surface area contributed by atoms with Crippen LogP contribution >= 0.6 is 11.3 Å². The normalized spacial score (nSPS) is 18.6. The van der Waals surface area contributed by atoms with E-state index in [-0.39, 0.29) is 12.7 Å². The molecule has 142 valence electrons. The minimum absolute atomic E-state index is 0.140. The van der Waals surface area contributed by atoms with Gasteiger partial charge in [0.2, 0.25) is 6.79 Å². The van der Waals surface area contributed by atoms with Crippen molar-refractivity contribution in [2.24, 2.45) is 16.4 Å². The van der Waals surface area contributed by atoms with Crippen LogP contribution in [0.25, 0.3) is 0 Å². The maximum absolute atomic E-state index is 12.6. The number of hydrazone groups is 1. The number of hydrogen-bond acceptors (Lipinski definition) is 5. The zero-order valence-electron chi connectivity index (χ0n) is 15.9. The summed E-state index contributed by atoms with van der Waals surface area (Å²) in [6, 6.07) is 5.56. The predicted molar refractivity (Wildman–Crippen MR) is 107 cm³/mol. The van der Waals surface area contributed by atoms with Crippen LogP contribution in [0.4, 0.5) is 0 Å². The monoisotopic (exact) mass is 384 g/mol. The Morgan fingerprint density at radius 3 is 2.93 bits per heavy atom. The second-order valence-corrected chi connectivity index (χ2v) is 9.13. The Morgan fingerprint density at radius 2 is 2.11 bits per heavy atom. The Hall–Kier alpha value is -2.34. The molecule has 1 N–H and O–H groups in total. The molecule has 1 aromatic heterocycles. The fourth-order valence-electron chi connectivity index (χ4n) is 3.66. The van der Waals surface area contributed by atoms with E-state index in [9.17, 15) is 4.79 Å². The van der Waals surface area contributed by atoms with Gasteiger partial charge in [0.25, 0.3) is 5.91 Å². The minimum Gasteiger partial charge on any atom is -0.454 e. The van der Waals surface area contributed by atoms with Crippen molar-refractivity contribution < 1.29 is 14.3 Å². The number of rotatable bonds is 3. The summed E-state index contributed by atoms with van der Waals surface area (Å²) in [5, 5.41) is 6.08. The van der Waals surface area contributed by atoms with Crippen LogP contribution in [0.15, 0.2) is 28.7 Å². The van der Waals surface area contributed by atoms with Gasteiger partial charge in [-0.05, 0) is 59.9 Å². The zero-order valence-corrected chi connectivity index (χ0v) is 16.7. The van der Waals surface area contributed by atoms with Gasteiger partial charge in [0.1, 0.15) is 0 Å². The van der Waals surface area contributed by atoms with Gasteiger partial charge in [-0.1, -0.05) is 20.8 Å². The Balaban J connectivity index is 1.42. The van der Waals surface area contributed by atoms with Gasteiger partial charge >= 0.3 is 0 Å². The SMILES string of the molecule is CC(C)(C)C1CCc2c(C(=O)NN=Cc3ccc4c(c3)OCO4)csc2C1. The molecule has 1 atom stereocenters. The van der Waals surface area contributed by atoms with Crippen molar-refractivity contribution in [2.45, 2.75) is 40.0 Å². The first kappa shape index (κ1) is 18.0. The molecule has 2 aromatic rings. The Bertz CT molecular complexity index is 895. The first-order valence-electron chi connectivity index (χ1n) is 9.24. The first-order chi connectivity index (χ1) is 12.9.